The van der Waals surface area contributed by atoms with Crippen molar-refractivity contribution in [3.63, 3.8) is 0 Å². The molecule has 0 saturated carbocycles. The Kier molecular flexibility index (Phi) is 6.70. The maximum Gasteiger partial charge on any atom is 0.329 e. The van der Waals surface area contributed by atoms with Gasteiger partial charge in [0.25, 0.3) is 11.6 Å². The van der Waals surface area contributed by atoms with Gasteiger partial charge < -0.3 is 25.2 Å². The molecule has 0 saturated heterocycles. The van der Waals surface area contributed by atoms with Crippen LogP contribution in [-0.2, 0) is 17.1 Å². The second-order valence-electron chi connectivity index (χ2n) is 7.44. The fraction of sp³-hybridized carbons (Fsp3) is 0.167. The number of methoxy groups -OCH3 is 2. The summed E-state index contributed by atoms with van der Waals surface area (Å²) in [5, 5.41) is 17.9. The normalized spacial score (nSPS) is 17.0. The number of benzene rings is 3. The average Bonchev–Trinajstić information content (AvgIpc) is 2.84. The second kappa shape index (κ2) is 9.54. The van der Waals surface area contributed by atoms with Gasteiger partial charge in [0.05, 0.1) is 25.6 Å². The minimum atomic E-state index is -2.41. The lowest BCUT2D eigenvalue weighted by atomic mass is 9.94. The molecule has 3 aromatic carbocycles. The molecule has 3 N–H and O–H groups in total. The first-order valence-corrected chi connectivity index (χ1v) is 11.3. The van der Waals surface area contributed by atoms with E-state index >= 15 is 0 Å². The van der Waals surface area contributed by atoms with E-state index in [0.29, 0.717) is 26.5 Å². The monoisotopic (exact) mass is 545 g/mol. The van der Waals surface area contributed by atoms with Crippen LogP contribution < -0.4 is 25.0 Å². The molecule has 8 nitrogen and oxygen atoms in total. The Hall–Kier alpha value is -3.27. The predicted molar refractivity (Wildman–Crippen MR) is 132 cm³/mol. The minimum absolute atomic E-state index is 0.0410. The molecule has 0 unspecified atom stereocenters. The van der Waals surface area contributed by atoms with Gasteiger partial charge in [-0.3, -0.25) is 4.79 Å². The van der Waals surface area contributed by atoms with Crippen molar-refractivity contribution in [1.29, 1.82) is 0 Å². The molecule has 1 aliphatic rings. The van der Waals surface area contributed by atoms with Crippen LogP contribution in [0.4, 0.5) is 16.2 Å². The van der Waals surface area contributed by atoms with Crippen LogP contribution in [0.25, 0.3) is 0 Å². The van der Waals surface area contributed by atoms with E-state index in [4.69, 9.17) is 21.1 Å². The quantitative estimate of drug-likeness (QED) is 0.419. The third-order valence-electron chi connectivity index (χ3n) is 5.47. The summed E-state index contributed by atoms with van der Waals surface area (Å²) in [5.41, 5.74) is -1.11. The van der Waals surface area contributed by atoms with E-state index < -0.39 is 17.7 Å². The number of carbonyl (C=O) groups excluding carboxylic acids is 2. The van der Waals surface area contributed by atoms with Gasteiger partial charge in [-0.05, 0) is 42.0 Å². The Morgan fingerprint density at radius 1 is 1.15 bits per heavy atom. The molecule has 0 aliphatic carbocycles. The summed E-state index contributed by atoms with van der Waals surface area (Å²) in [6, 6.07) is 15.9. The van der Waals surface area contributed by atoms with Crippen molar-refractivity contribution in [3.05, 3.63) is 81.3 Å². The van der Waals surface area contributed by atoms with Gasteiger partial charge in [-0.2, -0.15) is 0 Å². The number of rotatable bonds is 6. The van der Waals surface area contributed by atoms with Crippen LogP contribution in [0.2, 0.25) is 5.02 Å². The Balaban J connectivity index is 1.84. The third kappa shape index (κ3) is 4.18. The molecule has 3 aromatic rings. The van der Waals surface area contributed by atoms with Crippen LogP contribution in [0, 0.1) is 0 Å². The summed E-state index contributed by atoms with van der Waals surface area (Å²) in [7, 11) is 2.91. The molecule has 1 aliphatic heterocycles. The molecule has 0 aromatic heterocycles. The Morgan fingerprint density at radius 3 is 2.62 bits per heavy atom. The summed E-state index contributed by atoms with van der Waals surface area (Å²) in [4.78, 5) is 27.9. The van der Waals surface area contributed by atoms with E-state index in [9.17, 15) is 14.7 Å². The Labute approximate surface area is 209 Å². The van der Waals surface area contributed by atoms with Crippen LogP contribution in [0.15, 0.2) is 65.1 Å². The van der Waals surface area contributed by atoms with E-state index in [-0.39, 0.29) is 23.5 Å². The van der Waals surface area contributed by atoms with Crippen LogP contribution in [-0.4, -0.2) is 31.3 Å². The van der Waals surface area contributed by atoms with E-state index in [1.54, 1.807) is 54.6 Å². The van der Waals surface area contributed by atoms with Crippen molar-refractivity contribution in [2.45, 2.75) is 12.3 Å². The first-order chi connectivity index (χ1) is 16.3. The molecular formula is C24H21BrClN3O5. The van der Waals surface area contributed by atoms with Gasteiger partial charge in [-0.1, -0.05) is 45.7 Å². The number of urea groups is 1. The molecule has 10 heteroatoms. The van der Waals surface area contributed by atoms with Crippen molar-refractivity contribution in [2.24, 2.45) is 0 Å². The van der Waals surface area contributed by atoms with Crippen molar-refractivity contribution >= 4 is 50.8 Å². The smallest absolute Gasteiger partial charge is 0.329 e. The average molecular weight is 547 g/mol. The zero-order valence-electron chi connectivity index (χ0n) is 18.3. The highest BCUT2D eigenvalue weighted by Crippen LogP contribution is 2.44. The lowest BCUT2D eigenvalue weighted by Crippen LogP contribution is -2.62. The fourth-order valence-electron chi connectivity index (χ4n) is 3.77. The van der Waals surface area contributed by atoms with Gasteiger partial charge in [0.1, 0.15) is 11.5 Å². The molecule has 34 heavy (non-hydrogen) atoms. The number of halogens is 2. The molecule has 0 radical (unpaired) electrons. The lowest BCUT2D eigenvalue weighted by Gasteiger charge is -2.43. The number of anilines is 2. The highest BCUT2D eigenvalue weighted by atomic mass is 79.9. The highest BCUT2D eigenvalue weighted by molar-refractivity contribution is 9.10. The number of amides is 3. The van der Waals surface area contributed by atoms with Gasteiger partial charge in [0.15, 0.2) is 0 Å². The molecule has 0 spiro atoms. The molecule has 4 rings (SSSR count). The summed E-state index contributed by atoms with van der Waals surface area (Å²) in [6.07, 6.45) is 0. The number of hydrogen-bond donors (Lipinski definition) is 3. The van der Waals surface area contributed by atoms with Crippen LogP contribution in [0.1, 0.15) is 11.1 Å². The molecule has 1 heterocycles. The fourth-order valence-corrected chi connectivity index (χ4v) is 4.33. The molecule has 3 amide bonds. The van der Waals surface area contributed by atoms with Crippen LogP contribution >= 0.6 is 27.5 Å². The standard InChI is InChI=1S/C24H21BrClN3O5/c1-33-16-8-10-20(21(12-16)34-2)29-23(31)28-19-9-7-15(25)11-17(19)24(29,32)22(30)27-13-14-5-3-4-6-18(14)26/h3-12,32H,13H2,1-2H3,(H,27,30)(H,28,31)/t24-/m0/s1. The van der Waals surface area contributed by atoms with Gasteiger partial charge in [-0.15, -0.1) is 0 Å². The van der Waals surface area contributed by atoms with E-state index in [1.165, 1.54) is 20.3 Å². The van der Waals surface area contributed by atoms with Gasteiger partial charge in [-0.25, -0.2) is 9.69 Å². The first kappa shape index (κ1) is 23.9. The number of ether oxygens (including phenoxy) is 2. The maximum absolute atomic E-state index is 13.6. The number of hydrogen-bond acceptors (Lipinski definition) is 5. The zero-order valence-corrected chi connectivity index (χ0v) is 20.6. The molecule has 1 atom stereocenters. The summed E-state index contributed by atoms with van der Waals surface area (Å²) in [6.45, 7) is 0.0410. The van der Waals surface area contributed by atoms with Gasteiger partial charge in [0.2, 0.25) is 0 Å². The van der Waals surface area contributed by atoms with Crippen LogP contribution in [0.3, 0.4) is 0 Å². The second-order valence-corrected chi connectivity index (χ2v) is 8.76. The highest BCUT2D eigenvalue weighted by Gasteiger charge is 2.52. The lowest BCUT2D eigenvalue weighted by molar-refractivity contribution is -0.140. The predicted octanol–water partition coefficient (Wildman–Crippen LogP) is 4.63. The van der Waals surface area contributed by atoms with Crippen molar-refractivity contribution in [1.82, 2.24) is 5.32 Å². The molecule has 176 valence electrons. The Bertz CT molecular complexity index is 1270. The van der Waals surface area contributed by atoms with E-state index in [0.717, 1.165) is 4.90 Å². The van der Waals surface area contributed by atoms with Crippen molar-refractivity contribution in [2.75, 3.05) is 24.4 Å². The maximum atomic E-state index is 13.6. The van der Waals surface area contributed by atoms with Gasteiger partial charge >= 0.3 is 6.03 Å². The molecule has 0 bridgehead atoms. The summed E-state index contributed by atoms with van der Waals surface area (Å²) in [5.74, 6) is -0.113. The SMILES string of the molecule is COc1ccc(N2C(=O)Nc3ccc(Br)cc3[C@]2(O)C(=O)NCc2ccccc2Cl)c(OC)c1. The van der Waals surface area contributed by atoms with Gasteiger partial charge in [0, 0.05) is 27.7 Å². The third-order valence-corrected chi connectivity index (χ3v) is 6.33. The largest absolute Gasteiger partial charge is 0.497 e. The Morgan fingerprint density at radius 2 is 1.91 bits per heavy atom. The number of nitrogens with one attached hydrogen (secondary N) is 2. The first-order valence-electron chi connectivity index (χ1n) is 10.2. The minimum Gasteiger partial charge on any atom is -0.497 e. The van der Waals surface area contributed by atoms with Crippen molar-refractivity contribution < 1.29 is 24.2 Å². The van der Waals surface area contributed by atoms with Crippen molar-refractivity contribution in [3.8, 4) is 11.5 Å². The topological polar surface area (TPSA) is 100 Å². The molecule has 0 fully saturated rings. The summed E-state index contributed by atoms with van der Waals surface area (Å²) >= 11 is 9.60. The van der Waals surface area contributed by atoms with Crippen LogP contribution in [0.5, 0.6) is 11.5 Å². The number of carbonyl (C=O) groups is 2. The summed E-state index contributed by atoms with van der Waals surface area (Å²) < 4.78 is 11.3. The van der Waals surface area contributed by atoms with E-state index in [1.807, 2.05) is 0 Å². The van der Waals surface area contributed by atoms with E-state index in [2.05, 4.69) is 26.6 Å². The number of aliphatic hydroxyl groups is 1. The molecular weight excluding hydrogens is 526 g/mol. The number of fused-ring (bicyclic) bond motifs is 1. The zero-order chi connectivity index (χ0) is 24.5. The number of nitrogens with zero attached hydrogens (tertiary/aromatic N) is 1.